The maximum Gasteiger partial charge on any atom is 0.120 e. The van der Waals surface area contributed by atoms with Crippen molar-refractivity contribution in [3.8, 4) is 5.75 Å². The summed E-state index contributed by atoms with van der Waals surface area (Å²) in [5, 5.41) is 18.9. The molecule has 0 aromatic heterocycles. The smallest absolute Gasteiger partial charge is 0.120 e. The van der Waals surface area contributed by atoms with Crippen LogP contribution in [0.3, 0.4) is 0 Å². The van der Waals surface area contributed by atoms with Gasteiger partial charge in [0.2, 0.25) is 0 Å². The van der Waals surface area contributed by atoms with Gasteiger partial charge < -0.3 is 15.1 Å². The molecule has 0 aliphatic carbocycles. The molecule has 2 rings (SSSR count). The van der Waals surface area contributed by atoms with E-state index in [-0.39, 0.29) is 6.10 Å². The Labute approximate surface area is 83.6 Å². The zero-order valence-electron chi connectivity index (χ0n) is 8.27. The van der Waals surface area contributed by atoms with Crippen LogP contribution in [0.4, 0.5) is 5.69 Å². The zero-order valence-corrected chi connectivity index (χ0v) is 8.27. The molecule has 76 valence electrons. The number of anilines is 1. The lowest BCUT2D eigenvalue weighted by Crippen LogP contribution is -2.29. The van der Waals surface area contributed by atoms with Crippen LogP contribution in [-0.2, 0) is 6.42 Å². The number of aromatic hydroxyl groups is 1. The number of aliphatic hydroxyl groups is 1. The van der Waals surface area contributed by atoms with Crippen molar-refractivity contribution in [1.29, 1.82) is 0 Å². The molecule has 3 heteroatoms. The van der Waals surface area contributed by atoms with Crippen molar-refractivity contribution in [2.24, 2.45) is 0 Å². The summed E-state index contributed by atoms with van der Waals surface area (Å²) in [6.45, 7) is 3.30. The highest BCUT2D eigenvalue weighted by Gasteiger charge is 2.21. The lowest BCUT2D eigenvalue weighted by Gasteiger charge is -2.20. The van der Waals surface area contributed by atoms with Gasteiger partial charge in [-0.15, -0.1) is 0 Å². The van der Waals surface area contributed by atoms with E-state index in [4.69, 9.17) is 0 Å². The second-order valence-corrected chi connectivity index (χ2v) is 3.82. The number of aliphatic hydroxyl groups excluding tert-OH is 1. The number of phenols is 1. The third-order valence-corrected chi connectivity index (χ3v) is 2.58. The quantitative estimate of drug-likeness (QED) is 0.740. The van der Waals surface area contributed by atoms with Gasteiger partial charge in [-0.2, -0.15) is 0 Å². The van der Waals surface area contributed by atoms with Gasteiger partial charge in [0.15, 0.2) is 0 Å². The average Bonchev–Trinajstić information content (AvgIpc) is 2.49. The molecule has 0 saturated carbocycles. The Morgan fingerprint density at radius 1 is 1.50 bits per heavy atom. The molecule has 0 amide bonds. The molecule has 1 aromatic rings. The lowest BCUT2D eigenvalue weighted by atomic mass is 10.1. The number of hydrogen-bond donors (Lipinski definition) is 2. The molecule has 0 radical (unpaired) electrons. The van der Waals surface area contributed by atoms with E-state index in [9.17, 15) is 10.2 Å². The molecule has 1 unspecified atom stereocenters. The van der Waals surface area contributed by atoms with Crippen molar-refractivity contribution < 1.29 is 10.2 Å². The standard InChI is InChI=1S/C11H15NO2/c1-8(13)7-12-6-5-9-10(12)3-2-4-11(9)14/h2-4,8,13-14H,5-7H2,1H3. The van der Waals surface area contributed by atoms with Crippen LogP contribution in [0, 0.1) is 0 Å². The number of phenolic OH excluding ortho intramolecular Hbond substituents is 1. The largest absolute Gasteiger partial charge is 0.508 e. The highest BCUT2D eigenvalue weighted by atomic mass is 16.3. The number of β-amino-alcohol motifs (C(OH)–C–C–N with tert-alkyl or cyclic N) is 1. The van der Waals surface area contributed by atoms with Crippen LogP contribution >= 0.6 is 0 Å². The van der Waals surface area contributed by atoms with Crippen LogP contribution in [0.2, 0.25) is 0 Å². The van der Waals surface area contributed by atoms with E-state index in [2.05, 4.69) is 4.90 Å². The third kappa shape index (κ3) is 1.55. The summed E-state index contributed by atoms with van der Waals surface area (Å²) in [7, 11) is 0. The first-order valence-corrected chi connectivity index (χ1v) is 4.92. The Hall–Kier alpha value is -1.22. The maximum absolute atomic E-state index is 9.59. The van der Waals surface area contributed by atoms with Gasteiger partial charge in [0, 0.05) is 24.3 Å². The topological polar surface area (TPSA) is 43.7 Å². The maximum atomic E-state index is 9.59. The summed E-state index contributed by atoms with van der Waals surface area (Å²) in [4.78, 5) is 2.11. The summed E-state index contributed by atoms with van der Waals surface area (Å²) in [5.74, 6) is 0.371. The number of fused-ring (bicyclic) bond motifs is 1. The van der Waals surface area contributed by atoms with Gasteiger partial charge in [0.1, 0.15) is 5.75 Å². The highest BCUT2D eigenvalue weighted by Crippen LogP contribution is 2.33. The van der Waals surface area contributed by atoms with Crippen molar-refractivity contribution >= 4 is 5.69 Å². The Bertz CT molecular complexity index is 336. The van der Waals surface area contributed by atoms with Crippen LogP contribution in [0.25, 0.3) is 0 Å². The SMILES string of the molecule is CC(O)CN1CCc2c(O)cccc21. The first-order chi connectivity index (χ1) is 6.68. The highest BCUT2D eigenvalue weighted by molar-refractivity contribution is 5.62. The van der Waals surface area contributed by atoms with Gasteiger partial charge in [-0.25, -0.2) is 0 Å². The van der Waals surface area contributed by atoms with Crippen molar-refractivity contribution in [1.82, 2.24) is 0 Å². The Morgan fingerprint density at radius 2 is 2.29 bits per heavy atom. The molecule has 3 nitrogen and oxygen atoms in total. The molecule has 0 spiro atoms. The van der Waals surface area contributed by atoms with Crippen molar-refractivity contribution in [2.45, 2.75) is 19.4 Å². The van der Waals surface area contributed by atoms with Crippen molar-refractivity contribution in [3.05, 3.63) is 23.8 Å². The van der Waals surface area contributed by atoms with Crippen LogP contribution < -0.4 is 4.90 Å². The summed E-state index contributed by atoms with van der Waals surface area (Å²) < 4.78 is 0. The Morgan fingerprint density at radius 3 is 3.00 bits per heavy atom. The number of benzene rings is 1. The molecule has 0 saturated heterocycles. The Balaban J connectivity index is 2.26. The molecule has 1 aliphatic rings. The van der Waals surface area contributed by atoms with Crippen LogP contribution in [0.5, 0.6) is 5.75 Å². The molecule has 0 bridgehead atoms. The fraction of sp³-hybridized carbons (Fsp3) is 0.455. The predicted molar refractivity (Wildman–Crippen MR) is 55.7 cm³/mol. The van der Waals surface area contributed by atoms with Gasteiger partial charge >= 0.3 is 0 Å². The molecule has 0 fully saturated rings. The molecular weight excluding hydrogens is 178 g/mol. The van der Waals surface area contributed by atoms with Gasteiger partial charge in [-0.05, 0) is 25.5 Å². The van der Waals surface area contributed by atoms with Gasteiger partial charge in [-0.3, -0.25) is 0 Å². The molecule has 1 aromatic carbocycles. The first-order valence-electron chi connectivity index (χ1n) is 4.92. The van der Waals surface area contributed by atoms with Gasteiger partial charge in [-0.1, -0.05) is 6.07 Å². The van der Waals surface area contributed by atoms with Crippen LogP contribution in [0.1, 0.15) is 12.5 Å². The monoisotopic (exact) mass is 193 g/mol. The summed E-state index contributed by atoms with van der Waals surface area (Å²) in [5.41, 5.74) is 2.07. The van der Waals surface area contributed by atoms with Crippen LogP contribution in [-0.4, -0.2) is 29.4 Å². The van der Waals surface area contributed by atoms with E-state index in [1.807, 2.05) is 12.1 Å². The fourth-order valence-corrected chi connectivity index (χ4v) is 1.99. The normalized spacial score (nSPS) is 16.9. The molecular formula is C11H15NO2. The number of rotatable bonds is 2. The Kier molecular flexibility index (Phi) is 2.33. The first kappa shape index (κ1) is 9.34. The van der Waals surface area contributed by atoms with Gasteiger partial charge in [0.25, 0.3) is 0 Å². The third-order valence-electron chi connectivity index (χ3n) is 2.58. The second-order valence-electron chi connectivity index (χ2n) is 3.82. The van der Waals surface area contributed by atoms with Crippen molar-refractivity contribution in [2.75, 3.05) is 18.0 Å². The zero-order chi connectivity index (χ0) is 10.1. The van der Waals surface area contributed by atoms with E-state index >= 15 is 0 Å². The fourth-order valence-electron chi connectivity index (χ4n) is 1.99. The second kappa shape index (κ2) is 3.50. The van der Waals surface area contributed by atoms with E-state index < -0.39 is 0 Å². The molecule has 1 aliphatic heterocycles. The molecule has 14 heavy (non-hydrogen) atoms. The minimum absolute atomic E-state index is 0.330. The molecule has 1 heterocycles. The van der Waals surface area contributed by atoms with E-state index in [0.717, 1.165) is 24.2 Å². The lowest BCUT2D eigenvalue weighted by molar-refractivity contribution is 0.200. The van der Waals surface area contributed by atoms with Gasteiger partial charge in [0.05, 0.1) is 6.10 Å². The summed E-state index contributed by atoms with van der Waals surface area (Å²) in [6, 6.07) is 5.55. The average molecular weight is 193 g/mol. The van der Waals surface area contributed by atoms with E-state index in [1.165, 1.54) is 0 Å². The van der Waals surface area contributed by atoms with E-state index in [1.54, 1.807) is 13.0 Å². The molecule has 1 atom stereocenters. The van der Waals surface area contributed by atoms with Crippen molar-refractivity contribution in [3.63, 3.8) is 0 Å². The summed E-state index contributed by atoms with van der Waals surface area (Å²) in [6.07, 6.45) is 0.539. The summed E-state index contributed by atoms with van der Waals surface area (Å²) >= 11 is 0. The predicted octanol–water partition coefficient (Wildman–Crippen LogP) is 1.14. The van der Waals surface area contributed by atoms with Crippen LogP contribution in [0.15, 0.2) is 18.2 Å². The minimum Gasteiger partial charge on any atom is -0.508 e. The molecule has 2 N–H and O–H groups in total. The number of nitrogens with zero attached hydrogens (tertiary/aromatic N) is 1. The minimum atomic E-state index is -0.330. The van der Waals surface area contributed by atoms with E-state index in [0.29, 0.717) is 12.3 Å². The number of hydrogen-bond acceptors (Lipinski definition) is 3.